The molecule has 0 aliphatic rings. The number of halogens is 1. The van der Waals surface area contributed by atoms with E-state index in [1.807, 2.05) is 24.3 Å². The van der Waals surface area contributed by atoms with Gasteiger partial charge in [-0.25, -0.2) is 9.59 Å². The smallest absolute Gasteiger partial charge is 0.332 e. The third-order valence-corrected chi connectivity index (χ3v) is 2.82. The minimum Gasteiger partial charge on any atom is -0.479 e. The molecule has 0 fully saturated rings. The summed E-state index contributed by atoms with van der Waals surface area (Å²) in [6.45, 7) is 0.463. The Kier molecular flexibility index (Phi) is 6.31. The Hall–Kier alpha value is -1.60. The molecular formula is C12H15BrN2O4. The predicted octanol–water partition coefficient (Wildman–Crippen LogP) is 1.08. The number of urea groups is 1. The van der Waals surface area contributed by atoms with Crippen molar-refractivity contribution in [1.82, 2.24) is 10.6 Å². The van der Waals surface area contributed by atoms with E-state index >= 15 is 0 Å². The first-order valence-electron chi connectivity index (χ1n) is 5.66. The lowest BCUT2D eigenvalue weighted by Gasteiger charge is -2.09. The maximum Gasteiger partial charge on any atom is 0.332 e. The van der Waals surface area contributed by atoms with Gasteiger partial charge in [-0.15, -0.1) is 0 Å². The molecule has 0 saturated heterocycles. The molecule has 0 unspecified atom stereocenters. The average molecular weight is 331 g/mol. The summed E-state index contributed by atoms with van der Waals surface area (Å²) in [5.41, 5.74) is 0.940. The van der Waals surface area contributed by atoms with Crippen LogP contribution in [0.1, 0.15) is 12.0 Å². The van der Waals surface area contributed by atoms with E-state index in [1.54, 1.807) is 0 Å². The molecule has 0 saturated carbocycles. The highest BCUT2D eigenvalue weighted by Crippen LogP contribution is 2.11. The Balaban J connectivity index is 2.23. The third kappa shape index (κ3) is 6.21. The van der Waals surface area contributed by atoms with Gasteiger partial charge in [-0.1, -0.05) is 28.1 Å². The van der Waals surface area contributed by atoms with Crippen LogP contribution >= 0.6 is 15.9 Å². The van der Waals surface area contributed by atoms with Crippen LogP contribution in [-0.2, 0) is 11.3 Å². The fraction of sp³-hybridized carbons (Fsp3) is 0.333. The summed E-state index contributed by atoms with van der Waals surface area (Å²) in [4.78, 5) is 21.7. The van der Waals surface area contributed by atoms with E-state index in [1.165, 1.54) is 0 Å². The number of carboxylic acids is 1. The Labute approximate surface area is 118 Å². The van der Waals surface area contributed by atoms with E-state index in [2.05, 4.69) is 26.6 Å². The summed E-state index contributed by atoms with van der Waals surface area (Å²) in [5.74, 6) is -1.30. The normalized spacial score (nSPS) is 11.7. The second-order valence-corrected chi connectivity index (χ2v) is 4.80. The Morgan fingerprint density at radius 3 is 2.68 bits per heavy atom. The number of carboxylic acid groups (broad SMARTS) is 1. The number of rotatable bonds is 6. The largest absolute Gasteiger partial charge is 0.479 e. The molecular weight excluding hydrogens is 316 g/mol. The lowest BCUT2D eigenvalue weighted by atomic mass is 10.2. The topological polar surface area (TPSA) is 98.7 Å². The molecule has 2 amide bonds. The van der Waals surface area contributed by atoms with Crippen LogP contribution in [0.3, 0.4) is 0 Å². The van der Waals surface area contributed by atoms with Gasteiger partial charge in [0.2, 0.25) is 0 Å². The van der Waals surface area contributed by atoms with Crippen molar-refractivity contribution < 1.29 is 19.8 Å². The van der Waals surface area contributed by atoms with Gasteiger partial charge in [-0.05, 0) is 17.7 Å². The fourth-order valence-corrected chi connectivity index (χ4v) is 1.78. The minimum atomic E-state index is -1.45. The molecule has 7 heteroatoms. The molecule has 0 aliphatic heterocycles. The molecule has 0 bridgehead atoms. The first-order valence-corrected chi connectivity index (χ1v) is 6.45. The molecule has 6 nitrogen and oxygen atoms in total. The first kappa shape index (κ1) is 15.5. The van der Waals surface area contributed by atoms with Crippen molar-refractivity contribution in [2.75, 3.05) is 6.54 Å². The van der Waals surface area contributed by atoms with Crippen LogP contribution in [-0.4, -0.2) is 34.9 Å². The molecule has 0 heterocycles. The van der Waals surface area contributed by atoms with Crippen molar-refractivity contribution in [3.05, 3.63) is 34.3 Å². The zero-order valence-electron chi connectivity index (χ0n) is 10.1. The number of carbonyl (C=O) groups is 2. The summed E-state index contributed by atoms with van der Waals surface area (Å²) in [6, 6.07) is 7.10. The molecule has 104 valence electrons. The summed E-state index contributed by atoms with van der Waals surface area (Å²) in [5, 5.41) is 22.5. The molecule has 1 aromatic carbocycles. The first-order chi connectivity index (χ1) is 8.99. The molecule has 1 aromatic rings. The van der Waals surface area contributed by atoms with Gasteiger partial charge < -0.3 is 20.8 Å². The van der Waals surface area contributed by atoms with Gasteiger partial charge in [0.15, 0.2) is 6.10 Å². The number of carbonyl (C=O) groups excluding carboxylic acids is 1. The zero-order chi connectivity index (χ0) is 14.3. The van der Waals surface area contributed by atoms with Gasteiger partial charge in [-0.2, -0.15) is 0 Å². The van der Waals surface area contributed by atoms with E-state index in [0.717, 1.165) is 10.0 Å². The number of hydrogen-bond donors (Lipinski definition) is 4. The van der Waals surface area contributed by atoms with Crippen LogP contribution < -0.4 is 10.6 Å². The molecule has 1 atom stereocenters. The second kappa shape index (κ2) is 7.75. The van der Waals surface area contributed by atoms with Gasteiger partial charge in [0.05, 0.1) is 0 Å². The van der Waals surface area contributed by atoms with Crippen LogP contribution in [0.2, 0.25) is 0 Å². The SMILES string of the molecule is O=C(NCC[C@H](O)C(=O)O)NCc1cccc(Br)c1. The Morgan fingerprint density at radius 2 is 2.05 bits per heavy atom. The van der Waals surface area contributed by atoms with E-state index in [-0.39, 0.29) is 13.0 Å². The van der Waals surface area contributed by atoms with Crippen LogP contribution in [0.15, 0.2) is 28.7 Å². The quantitative estimate of drug-likeness (QED) is 0.627. The molecule has 1 rings (SSSR count). The van der Waals surface area contributed by atoms with Crippen molar-refractivity contribution >= 4 is 27.9 Å². The van der Waals surface area contributed by atoms with Crippen molar-refractivity contribution in [2.24, 2.45) is 0 Å². The molecule has 0 aromatic heterocycles. The van der Waals surface area contributed by atoms with Crippen molar-refractivity contribution in [1.29, 1.82) is 0 Å². The summed E-state index contributed by atoms with van der Waals surface area (Å²) in [6.07, 6.45) is -1.48. The number of nitrogens with one attached hydrogen (secondary N) is 2. The maximum atomic E-state index is 11.4. The number of aliphatic carboxylic acids is 1. The van der Waals surface area contributed by atoms with Crippen LogP contribution in [0, 0.1) is 0 Å². The number of amides is 2. The van der Waals surface area contributed by atoms with Gasteiger partial charge in [0, 0.05) is 24.0 Å². The lowest BCUT2D eigenvalue weighted by molar-refractivity contribution is -0.146. The predicted molar refractivity (Wildman–Crippen MR) is 72.6 cm³/mol. The standard InChI is InChI=1S/C12H15BrN2O4/c13-9-3-1-2-8(6-9)7-15-12(19)14-5-4-10(16)11(17)18/h1-3,6,10,16H,4-5,7H2,(H,17,18)(H2,14,15,19)/t10-/m0/s1. The summed E-state index contributed by atoms with van der Waals surface area (Å²) >= 11 is 3.33. The Morgan fingerprint density at radius 1 is 1.32 bits per heavy atom. The third-order valence-electron chi connectivity index (χ3n) is 2.33. The van der Waals surface area contributed by atoms with Crippen LogP contribution in [0.25, 0.3) is 0 Å². The van der Waals surface area contributed by atoms with Crippen molar-refractivity contribution in [2.45, 2.75) is 19.1 Å². The average Bonchev–Trinajstić information content (AvgIpc) is 2.36. The second-order valence-electron chi connectivity index (χ2n) is 3.88. The highest BCUT2D eigenvalue weighted by Gasteiger charge is 2.12. The van der Waals surface area contributed by atoms with Crippen molar-refractivity contribution in [3.8, 4) is 0 Å². The van der Waals surface area contributed by atoms with E-state index in [4.69, 9.17) is 10.2 Å². The zero-order valence-corrected chi connectivity index (χ0v) is 11.7. The number of aliphatic hydroxyl groups is 1. The fourth-order valence-electron chi connectivity index (χ4n) is 1.34. The number of aliphatic hydroxyl groups excluding tert-OH is 1. The summed E-state index contributed by atoms with van der Waals surface area (Å²) < 4.78 is 0.928. The highest BCUT2D eigenvalue weighted by atomic mass is 79.9. The molecule has 0 radical (unpaired) electrons. The number of benzene rings is 1. The van der Waals surface area contributed by atoms with Crippen LogP contribution in [0.5, 0.6) is 0 Å². The van der Waals surface area contributed by atoms with Gasteiger partial charge >= 0.3 is 12.0 Å². The minimum absolute atomic E-state index is 0.0281. The molecule has 19 heavy (non-hydrogen) atoms. The van der Waals surface area contributed by atoms with E-state index in [0.29, 0.717) is 6.54 Å². The summed E-state index contributed by atoms with van der Waals surface area (Å²) in [7, 11) is 0. The molecule has 0 aliphatic carbocycles. The maximum absolute atomic E-state index is 11.4. The molecule has 4 N–H and O–H groups in total. The van der Waals surface area contributed by atoms with Gasteiger partial charge in [-0.3, -0.25) is 0 Å². The Bertz CT molecular complexity index is 453. The van der Waals surface area contributed by atoms with Crippen LogP contribution in [0.4, 0.5) is 4.79 Å². The van der Waals surface area contributed by atoms with E-state index in [9.17, 15) is 9.59 Å². The van der Waals surface area contributed by atoms with Gasteiger partial charge in [0.25, 0.3) is 0 Å². The molecule has 0 spiro atoms. The lowest BCUT2D eigenvalue weighted by Crippen LogP contribution is -2.37. The van der Waals surface area contributed by atoms with Gasteiger partial charge in [0.1, 0.15) is 0 Å². The monoisotopic (exact) mass is 330 g/mol. The number of hydrogen-bond acceptors (Lipinski definition) is 3. The van der Waals surface area contributed by atoms with Crippen molar-refractivity contribution in [3.63, 3.8) is 0 Å². The van der Waals surface area contributed by atoms with E-state index < -0.39 is 18.1 Å². The highest BCUT2D eigenvalue weighted by molar-refractivity contribution is 9.10.